The van der Waals surface area contributed by atoms with Gasteiger partial charge < -0.3 is 5.73 Å². The van der Waals surface area contributed by atoms with E-state index in [0.29, 0.717) is 5.41 Å². The Morgan fingerprint density at radius 1 is 1.25 bits per heavy atom. The highest BCUT2D eigenvalue weighted by Gasteiger charge is 2.33. The maximum atomic E-state index is 6.24. The molecule has 2 unspecified atom stereocenters. The minimum absolute atomic E-state index is 0.107. The molecule has 0 aromatic carbocycles. The molecule has 112 valence electrons. The van der Waals surface area contributed by atoms with Crippen LogP contribution < -0.4 is 5.73 Å². The van der Waals surface area contributed by atoms with Crippen LogP contribution in [-0.4, -0.2) is 29.0 Å². The lowest BCUT2D eigenvalue weighted by Gasteiger charge is -2.42. The van der Waals surface area contributed by atoms with Gasteiger partial charge in [-0.1, -0.05) is 26.8 Å². The lowest BCUT2D eigenvalue weighted by atomic mass is 9.75. The van der Waals surface area contributed by atoms with Gasteiger partial charge in [0.15, 0.2) is 0 Å². The van der Waals surface area contributed by atoms with Gasteiger partial charge in [0.05, 0.1) is 11.7 Å². The zero-order valence-electron chi connectivity index (χ0n) is 13.3. The van der Waals surface area contributed by atoms with Gasteiger partial charge in [0.2, 0.25) is 0 Å². The molecular weight excluding hydrogens is 246 g/mol. The van der Waals surface area contributed by atoms with Crippen molar-refractivity contribution in [2.45, 2.75) is 52.6 Å². The van der Waals surface area contributed by atoms with Crippen LogP contribution in [0.5, 0.6) is 0 Å². The molecular formula is C17H29N3. The number of hydrogen-bond acceptors (Lipinski definition) is 3. The van der Waals surface area contributed by atoms with E-state index >= 15 is 0 Å². The summed E-state index contributed by atoms with van der Waals surface area (Å²) < 4.78 is 0. The zero-order chi connectivity index (χ0) is 14.8. The van der Waals surface area contributed by atoms with Crippen molar-refractivity contribution in [1.29, 1.82) is 0 Å². The first-order valence-corrected chi connectivity index (χ1v) is 7.80. The molecule has 1 aliphatic heterocycles. The summed E-state index contributed by atoms with van der Waals surface area (Å²) in [6, 6.07) is 6.48. The second-order valence-corrected chi connectivity index (χ2v) is 7.23. The summed E-state index contributed by atoms with van der Waals surface area (Å²) in [5.74, 6) is 0.816. The molecule has 3 heteroatoms. The molecule has 0 aliphatic carbocycles. The Morgan fingerprint density at radius 3 is 2.35 bits per heavy atom. The van der Waals surface area contributed by atoms with Crippen molar-refractivity contribution >= 4 is 0 Å². The van der Waals surface area contributed by atoms with E-state index in [4.69, 9.17) is 5.73 Å². The van der Waals surface area contributed by atoms with Gasteiger partial charge in [-0.3, -0.25) is 9.88 Å². The van der Waals surface area contributed by atoms with Gasteiger partial charge in [-0.25, -0.2) is 0 Å². The molecule has 3 nitrogen and oxygen atoms in total. The van der Waals surface area contributed by atoms with Crippen molar-refractivity contribution in [2.75, 3.05) is 13.1 Å². The minimum Gasteiger partial charge on any atom is -0.326 e. The largest absolute Gasteiger partial charge is 0.326 e. The Balaban J connectivity index is 2.07. The molecule has 2 atom stereocenters. The average molecular weight is 275 g/mol. The van der Waals surface area contributed by atoms with Gasteiger partial charge in [-0.15, -0.1) is 0 Å². The van der Waals surface area contributed by atoms with E-state index in [-0.39, 0.29) is 12.1 Å². The molecule has 0 bridgehead atoms. The Kier molecular flexibility index (Phi) is 4.82. The first-order chi connectivity index (χ1) is 9.39. The van der Waals surface area contributed by atoms with Crippen LogP contribution in [0.15, 0.2) is 24.4 Å². The van der Waals surface area contributed by atoms with Crippen LogP contribution in [0.25, 0.3) is 0 Å². The highest BCUT2D eigenvalue weighted by Crippen LogP contribution is 2.36. The minimum atomic E-state index is 0.107. The Hall–Kier alpha value is -0.930. The third-order valence-corrected chi connectivity index (χ3v) is 4.64. The van der Waals surface area contributed by atoms with E-state index in [0.717, 1.165) is 24.7 Å². The highest BCUT2D eigenvalue weighted by atomic mass is 15.2. The van der Waals surface area contributed by atoms with Gasteiger partial charge >= 0.3 is 0 Å². The smallest absolute Gasteiger partial charge is 0.0670 e. The number of likely N-dealkylation sites (tertiary alicyclic amines) is 1. The SMILES string of the molecule is CC(N)C(c1ccccn1)N1CCC(C(C)(C)C)CC1. The van der Waals surface area contributed by atoms with E-state index < -0.39 is 0 Å². The summed E-state index contributed by atoms with van der Waals surface area (Å²) in [7, 11) is 0. The van der Waals surface area contributed by atoms with E-state index in [1.54, 1.807) is 0 Å². The molecule has 2 heterocycles. The molecule has 2 N–H and O–H groups in total. The summed E-state index contributed by atoms with van der Waals surface area (Å²) in [6.07, 6.45) is 4.39. The van der Waals surface area contributed by atoms with Crippen LogP contribution in [-0.2, 0) is 0 Å². The summed E-state index contributed by atoms with van der Waals surface area (Å²) in [6.45, 7) is 11.4. The Labute approximate surface area is 123 Å². The van der Waals surface area contributed by atoms with Gasteiger partial charge in [0.25, 0.3) is 0 Å². The first kappa shape index (κ1) is 15.5. The second-order valence-electron chi connectivity index (χ2n) is 7.23. The quantitative estimate of drug-likeness (QED) is 0.921. The number of pyridine rings is 1. The van der Waals surface area contributed by atoms with Crippen molar-refractivity contribution < 1.29 is 0 Å². The molecule has 0 spiro atoms. The van der Waals surface area contributed by atoms with Crippen molar-refractivity contribution in [3.8, 4) is 0 Å². The van der Waals surface area contributed by atoms with E-state index in [1.165, 1.54) is 12.8 Å². The van der Waals surface area contributed by atoms with Crippen molar-refractivity contribution in [1.82, 2.24) is 9.88 Å². The van der Waals surface area contributed by atoms with Gasteiger partial charge in [-0.05, 0) is 56.3 Å². The van der Waals surface area contributed by atoms with Crippen molar-refractivity contribution in [3.05, 3.63) is 30.1 Å². The van der Waals surface area contributed by atoms with Crippen LogP contribution >= 0.6 is 0 Å². The van der Waals surface area contributed by atoms with Crippen molar-refractivity contribution in [3.63, 3.8) is 0 Å². The molecule has 0 amide bonds. The fraction of sp³-hybridized carbons (Fsp3) is 0.706. The Morgan fingerprint density at radius 2 is 1.90 bits per heavy atom. The molecule has 20 heavy (non-hydrogen) atoms. The molecule has 2 rings (SSSR count). The molecule has 1 saturated heterocycles. The van der Waals surface area contributed by atoms with Crippen LogP contribution in [0.4, 0.5) is 0 Å². The topological polar surface area (TPSA) is 42.1 Å². The van der Waals surface area contributed by atoms with E-state index in [1.807, 2.05) is 12.3 Å². The second kappa shape index (κ2) is 6.23. The predicted molar refractivity (Wildman–Crippen MR) is 84.4 cm³/mol. The van der Waals surface area contributed by atoms with E-state index in [2.05, 4.69) is 49.7 Å². The lowest BCUT2D eigenvalue weighted by Crippen LogP contribution is -2.45. The molecule has 1 aromatic rings. The summed E-state index contributed by atoms with van der Waals surface area (Å²) in [5.41, 5.74) is 7.76. The zero-order valence-corrected chi connectivity index (χ0v) is 13.3. The lowest BCUT2D eigenvalue weighted by molar-refractivity contribution is 0.0734. The van der Waals surface area contributed by atoms with Crippen LogP contribution in [0.1, 0.15) is 52.3 Å². The summed E-state index contributed by atoms with van der Waals surface area (Å²) in [5, 5.41) is 0. The summed E-state index contributed by atoms with van der Waals surface area (Å²) in [4.78, 5) is 7.04. The number of aromatic nitrogens is 1. The summed E-state index contributed by atoms with van der Waals surface area (Å²) >= 11 is 0. The third-order valence-electron chi connectivity index (χ3n) is 4.64. The third kappa shape index (κ3) is 3.58. The average Bonchev–Trinajstić information content (AvgIpc) is 2.39. The molecule has 0 saturated carbocycles. The predicted octanol–water partition coefficient (Wildman–Crippen LogP) is 3.23. The number of hydrogen-bond donors (Lipinski definition) is 1. The Bertz CT molecular complexity index is 400. The maximum Gasteiger partial charge on any atom is 0.0670 e. The van der Waals surface area contributed by atoms with Crippen molar-refractivity contribution in [2.24, 2.45) is 17.1 Å². The molecule has 0 radical (unpaired) electrons. The highest BCUT2D eigenvalue weighted by molar-refractivity contribution is 5.11. The van der Waals surface area contributed by atoms with Crippen LogP contribution in [0, 0.1) is 11.3 Å². The van der Waals surface area contributed by atoms with Crippen LogP contribution in [0.2, 0.25) is 0 Å². The van der Waals surface area contributed by atoms with Crippen LogP contribution in [0.3, 0.4) is 0 Å². The fourth-order valence-corrected chi connectivity index (χ4v) is 3.38. The number of piperidine rings is 1. The molecule has 1 aromatic heterocycles. The fourth-order valence-electron chi connectivity index (χ4n) is 3.38. The number of nitrogens with two attached hydrogens (primary N) is 1. The van der Waals surface area contributed by atoms with Gasteiger partial charge in [0.1, 0.15) is 0 Å². The van der Waals surface area contributed by atoms with Gasteiger partial charge in [-0.2, -0.15) is 0 Å². The van der Waals surface area contributed by atoms with Gasteiger partial charge in [0, 0.05) is 12.2 Å². The standard InChI is InChI=1S/C17H29N3/c1-13(18)16(15-7-5-6-10-19-15)20-11-8-14(9-12-20)17(2,3)4/h5-7,10,13-14,16H,8-9,11-12,18H2,1-4H3. The normalized spacial score (nSPS) is 21.6. The molecule has 1 aliphatic rings. The molecule has 1 fully saturated rings. The number of nitrogens with zero attached hydrogens (tertiary/aromatic N) is 2. The number of rotatable bonds is 3. The monoisotopic (exact) mass is 275 g/mol. The van der Waals surface area contributed by atoms with E-state index in [9.17, 15) is 0 Å². The first-order valence-electron chi connectivity index (χ1n) is 7.80. The maximum absolute atomic E-state index is 6.24.